The van der Waals surface area contributed by atoms with Crippen LogP contribution in [0.5, 0.6) is 0 Å². The van der Waals surface area contributed by atoms with E-state index in [1.54, 1.807) is 0 Å². The molecule has 0 aromatic heterocycles. The highest BCUT2D eigenvalue weighted by atomic mass is 16.3. The molecule has 0 unspecified atom stereocenters. The average molecular weight is 240 g/mol. The molecule has 17 heavy (non-hydrogen) atoms. The molecular formula is C13H24N2O2. The van der Waals surface area contributed by atoms with Crippen molar-refractivity contribution in [2.75, 3.05) is 13.2 Å². The first kappa shape index (κ1) is 12.8. The number of hydrogen-bond donors (Lipinski definition) is 2. The summed E-state index contributed by atoms with van der Waals surface area (Å²) in [7, 11) is 0. The van der Waals surface area contributed by atoms with E-state index in [0.29, 0.717) is 19.0 Å². The molecule has 1 heterocycles. The Morgan fingerprint density at radius 2 is 2.12 bits per heavy atom. The molecule has 0 radical (unpaired) electrons. The maximum atomic E-state index is 11.9. The fourth-order valence-electron chi connectivity index (χ4n) is 3.43. The maximum absolute atomic E-state index is 11.9. The fourth-order valence-corrected chi connectivity index (χ4v) is 3.43. The van der Waals surface area contributed by atoms with Crippen LogP contribution in [0.4, 0.5) is 0 Å². The summed E-state index contributed by atoms with van der Waals surface area (Å²) in [5, 5.41) is 12.4. The van der Waals surface area contributed by atoms with Gasteiger partial charge in [-0.2, -0.15) is 0 Å². The van der Waals surface area contributed by atoms with Crippen LogP contribution in [0.25, 0.3) is 0 Å². The molecule has 0 aromatic carbocycles. The van der Waals surface area contributed by atoms with Gasteiger partial charge in [-0.1, -0.05) is 12.8 Å². The van der Waals surface area contributed by atoms with E-state index in [1.165, 1.54) is 12.8 Å². The van der Waals surface area contributed by atoms with E-state index in [2.05, 4.69) is 24.1 Å². The normalized spacial score (nSPS) is 33.7. The number of β-amino-alcohol motifs (C(OH)–C–C–N with tert-alkyl or cyclic N) is 1. The van der Waals surface area contributed by atoms with E-state index in [9.17, 15) is 9.90 Å². The Bertz CT molecular complexity index is 291. The fraction of sp³-hybridized carbons (Fsp3) is 0.923. The van der Waals surface area contributed by atoms with Gasteiger partial charge in [-0.3, -0.25) is 9.69 Å². The molecule has 2 aliphatic rings. The predicted octanol–water partition coefficient (Wildman–Crippen LogP) is 0.890. The average Bonchev–Trinajstić information content (AvgIpc) is 2.34. The summed E-state index contributed by atoms with van der Waals surface area (Å²) in [6, 6.07) is 0.682. The monoisotopic (exact) mass is 240 g/mol. The molecule has 2 rings (SSSR count). The highest BCUT2D eigenvalue weighted by molar-refractivity contribution is 5.78. The Kier molecular flexibility index (Phi) is 3.73. The number of aliphatic hydroxyl groups excluding tert-OH is 1. The minimum atomic E-state index is -0.149. The van der Waals surface area contributed by atoms with Gasteiger partial charge < -0.3 is 10.4 Å². The van der Waals surface area contributed by atoms with Crippen molar-refractivity contribution < 1.29 is 9.90 Å². The van der Waals surface area contributed by atoms with Gasteiger partial charge in [-0.25, -0.2) is 0 Å². The molecule has 1 saturated heterocycles. The summed E-state index contributed by atoms with van der Waals surface area (Å²) in [5.74, 6) is 0.160. The summed E-state index contributed by atoms with van der Waals surface area (Å²) in [6.07, 6.45) is 5.17. The number of nitrogens with zero attached hydrogens (tertiary/aromatic N) is 1. The zero-order valence-electron chi connectivity index (χ0n) is 10.9. The maximum Gasteiger partial charge on any atom is 0.222 e. The molecule has 0 bridgehead atoms. The molecule has 0 spiro atoms. The Hall–Kier alpha value is -0.610. The summed E-state index contributed by atoms with van der Waals surface area (Å²) in [6.45, 7) is 5.06. The minimum absolute atomic E-state index is 0.149. The van der Waals surface area contributed by atoms with Crippen LogP contribution in [-0.4, -0.2) is 46.7 Å². The van der Waals surface area contributed by atoms with Crippen molar-refractivity contribution in [1.29, 1.82) is 0 Å². The van der Waals surface area contributed by atoms with Crippen LogP contribution in [0.1, 0.15) is 46.0 Å². The van der Waals surface area contributed by atoms with Crippen molar-refractivity contribution in [1.82, 2.24) is 10.2 Å². The smallest absolute Gasteiger partial charge is 0.222 e. The van der Waals surface area contributed by atoms with Crippen LogP contribution in [0.3, 0.4) is 0 Å². The molecule has 1 aliphatic carbocycles. The van der Waals surface area contributed by atoms with Crippen molar-refractivity contribution in [3.8, 4) is 0 Å². The second kappa shape index (κ2) is 4.94. The molecule has 4 heteroatoms. The van der Waals surface area contributed by atoms with Crippen molar-refractivity contribution >= 4 is 5.91 Å². The van der Waals surface area contributed by atoms with E-state index in [-0.39, 0.29) is 24.1 Å². The first-order valence-corrected chi connectivity index (χ1v) is 6.71. The van der Waals surface area contributed by atoms with Crippen molar-refractivity contribution in [3.05, 3.63) is 0 Å². The van der Waals surface area contributed by atoms with Crippen LogP contribution in [0.2, 0.25) is 0 Å². The van der Waals surface area contributed by atoms with E-state index in [0.717, 1.165) is 12.8 Å². The Morgan fingerprint density at radius 1 is 1.41 bits per heavy atom. The molecule has 98 valence electrons. The second-order valence-electron chi connectivity index (χ2n) is 5.93. The minimum Gasteiger partial charge on any atom is -0.395 e. The van der Waals surface area contributed by atoms with Crippen molar-refractivity contribution in [2.45, 2.75) is 63.6 Å². The second-order valence-corrected chi connectivity index (χ2v) is 5.93. The number of aliphatic hydroxyl groups is 1. The molecule has 0 aromatic rings. The SMILES string of the molecule is CC1(C)CC(=O)N[C@H]2CCCC[C@H]2N1CCO. The zero-order chi connectivity index (χ0) is 12.5. The molecule has 2 fully saturated rings. The third-order valence-electron chi connectivity index (χ3n) is 4.19. The number of amides is 1. The van der Waals surface area contributed by atoms with Gasteiger partial charge in [-0.15, -0.1) is 0 Å². The van der Waals surface area contributed by atoms with Gasteiger partial charge in [0.2, 0.25) is 5.91 Å². The lowest BCUT2D eigenvalue weighted by atomic mass is 9.87. The topological polar surface area (TPSA) is 52.6 Å². The predicted molar refractivity (Wildman–Crippen MR) is 66.7 cm³/mol. The first-order chi connectivity index (χ1) is 8.04. The quantitative estimate of drug-likeness (QED) is 0.753. The standard InChI is InChI=1S/C13H24N2O2/c1-13(2)9-12(17)14-10-5-3-4-6-11(10)15(13)7-8-16/h10-11,16H,3-9H2,1-2H3,(H,14,17)/t10-,11+/m0/s1. The van der Waals surface area contributed by atoms with E-state index in [1.807, 2.05) is 0 Å². The number of hydrogen-bond acceptors (Lipinski definition) is 3. The van der Waals surface area contributed by atoms with E-state index >= 15 is 0 Å². The molecular weight excluding hydrogens is 216 g/mol. The summed E-state index contributed by atoms with van der Waals surface area (Å²) >= 11 is 0. The van der Waals surface area contributed by atoms with Crippen LogP contribution in [0, 0.1) is 0 Å². The Morgan fingerprint density at radius 3 is 2.82 bits per heavy atom. The summed E-state index contributed by atoms with van der Waals surface area (Å²) in [5.41, 5.74) is -0.149. The molecule has 1 aliphatic heterocycles. The third kappa shape index (κ3) is 2.63. The first-order valence-electron chi connectivity index (χ1n) is 6.71. The van der Waals surface area contributed by atoms with Gasteiger partial charge in [0.05, 0.1) is 6.61 Å². The number of rotatable bonds is 2. The van der Waals surface area contributed by atoms with Gasteiger partial charge in [-0.05, 0) is 26.7 Å². The van der Waals surface area contributed by atoms with Gasteiger partial charge in [0.1, 0.15) is 0 Å². The molecule has 4 nitrogen and oxygen atoms in total. The lowest BCUT2D eigenvalue weighted by molar-refractivity contribution is -0.122. The number of carbonyl (C=O) groups is 1. The van der Waals surface area contributed by atoms with Gasteiger partial charge >= 0.3 is 0 Å². The summed E-state index contributed by atoms with van der Waals surface area (Å²) < 4.78 is 0. The van der Waals surface area contributed by atoms with Gasteiger partial charge in [0, 0.05) is 30.6 Å². The van der Waals surface area contributed by atoms with E-state index in [4.69, 9.17) is 0 Å². The highest BCUT2D eigenvalue weighted by Gasteiger charge is 2.42. The molecule has 2 atom stereocenters. The summed E-state index contributed by atoms with van der Waals surface area (Å²) in [4.78, 5) is 14.2. The van der Waals surface area contributed by atoms with Crippen molar-refractivity contribution in [3.63, 3.8) is 0 Å². The lowest BCUT2D eigenvalue weighted by Crippen LogP contribution is -2.56. The van der Waals surface area contributed by atoms with Crippen molar-refractivity contribution in [2.24, 2.45) is 0 Å². The van der Waals surface area contributed by atoms with Crippen LogP contribution < -0.4 is 5.32 Å². The number of fused-ring (bicyclic) bond motifs is 1. The number of carbonyl (C=O) groups excluding carboxylic acids is 1. The lowest BCUT2D eigenvalue weighted by Gasteiger charge is -2.45. The highest BCUT2D eigenvalue weighted by Crippen LogP contribution is 2.32. The Balaban J connectivity index is 2.24. The van der Waals surface area contributed by atoms with E-state index < -0.39 is 0 Å². The van der Waals surface area contributed by atoms with Crippen LogP contribution in [-0.2, 0) is 4.79 Å². The Labute approximate surface area is 103 Å². The third-order valence-corrected chi connectivity index (χ3v) is 4.19. The van der Waals surface area contributed by atoms with Gasteiger partial charge in [0.15, 0.2) is 0 Å². The molecule has 1 saturated carbocycles. The van der Waals surface area contributed by atoms with Crippen LogP contribution in [0.15, 0.2) is 0 Å². The molecule has 1 amide bonds. The largest absolute Gasteiger partial charge is 0.395 e. The van der Waals surface area contributed by atoms with Crippen LogP contribution >= 0.6 is 0 Å². The molecule has 2 N–H and O–H groups in total. The van der Waals surface area contributed by atoms with Gasteiger partial charge in [0.25, 0.3) is 0 Å². The zero-order valence-corrected chi connectivity index (χ0v) is 10.9. The number of nitrogens with one attached hydrogen (secondary N) is 1.